The third-order valence-electron chi connectivity index (χ3n) is 3.94. The molecule has 2 aliphatic rings. The van der Waals surface area contributed by atoms with Crippen molar-refractivity contribution in [3.8, 4) is 0 Å². The molecule has 80 valence electrons. The molecule has 3 atom stereocenters. The number of ether oxygens (including phenoxy) is 1. The lowest BCUT2D eigenvalue weighted by molar-refractivity contribution is -0.161. The number of esters is 1. The van der Waals surface area contributed by atoms with Gasteiger partial charge >= 0.3 is 5.97 Å². The zero-order chi connectivity index (χ0) is 10.2. The van der Waals surface area contributed by atoms with Crippen LogP contribution in [0.3, 0.4) is 0 Å². The smallest absolute Gasteiger partial charge is 0.303 e. The first-order valence-electron chi connectivity index (χ1n) is 5.79. The quantitative estimate of drug-likeness (QED) is 0.603. The molecular formula is C12H20O2. The summed E-state index contributed by atoms with van der Waals surface area (Å²) >= 11 is 0. The second kappa shape index (κ2) is 3.56. The fourth-order valence-corrected chi connectivity index (χ4v) is 3.35. The predicted octanol–water partition coefficient (Wildman–Crippen LogP) is 2.91. The Bertz CT molecular complexity index is 236. The maximum Gasteiger partial charge on any atom is 0.303 e. The fraction of sp³-hybridized carbons (Fsp3) is 0.917. The summed E-state index contributed by atoms with van der Waals surface area (Å²) in [5.41, 5.74) is -0.155. The van der Waals surface area contributed by atoms with E-state index in [1.807, 2.05) is 0 Å². The van der Waals surface area contributed by atoms with Crippen LogP contribution in [-0.2, 0) is 9.53 Å². The van der Waals surface area contributed by atoms with Crippen LogP contribution in [0.2, 0.25) is 0 Å². The number of rotatable bonds is 1. The summed E-state index contributed by atoms with van der Waals surface area (Å²) in [7, 11) is 0. The monoisotopic (exact) mass is 196 g/mol. The zero-order valence-corrected chi connectivity index (χ0v) is 9.21. The van der Waals surface area contributed by atoms with Crippen LogP contribution in [0.15, 0.2) is 0 Å². The van der Waals surface area contributed by atoms with Crippen LogP contribution < -0.4 is 0 Å². The van der Waals surface area contributed by atoms with E-state index in [0.717, 1.165) is 24.7 Å². The lowest BCUT2D eigenvalue weighted by Gasteiger charge is -2.39. The minimum absolute atomic E-state index is 0.121. The number of carbonyl (C=O) groups is 1. The zero-order valence-electron chi connectivity index (χ0n) is 9.21. The maximum absolute atomic E-state index is 11.0. The van der Waals surface area contributed by atoms with Gasteiger partial charge in [0, 0.05) is 6.92 Å². The summed E-state index contributed by atoms with van der Waals surface area (Å²) in [5, 5.41) is 0. The molecule has 2 rings (SSSR count). The minimum atomic E-state index is -0.155. The first-order valence-corrected chi connectivity index (χ1v) is 5.79. The Balaban J connectivity index is 1.98. The van der Waals surface area contributed by atoms with Crippen molar-refractivity contribution in [1.82, 2.24) is 0 Å². The summed E-state index contributed by atoms with van der Waals surface area (Å²) < 4.78 is 5.45. The van der Waals surface area contributed by atoms with Crippen LogP contribution in [0.4, 0.5) is 0 Å². The van der Waals surface area contributed by atoms with E-state index in [-0.39, 0.29) is 11.6 Å². The molecule has 2 heteroatoms. The first-order chi connectivity index (χ1) is 6.59. The van der Waals surface area contributed by atoms with Crippen LogP contribution in [0, 0.1) is 11.8 Å². The summed E-state index contributed by atoms with van der Waals surface area (Å²) in [6.45, 7) is 3.62. The van der Waals surface area contributed by atoms with Crippen molar-refractivity contribution in [2.45, 2.75) is 58.0 Å². The fourth-order valence-electron chi connectivity index (χ4n) is 3.35. The highest BCUT2D eigenvalue weighted by Crippen LogP contribution is 2.46. The van der Waals surface area contributed by atoms with E-state index in [1.54, 1.807) is 0 Å². The van der Waals surface area contributed by atoms with Gasteiger partial charge in [0.05, 0.1) is 0 Å². The molecule has 0 N–H and O–H groups in total. The third kappa shape index (κ3) is 1.94. The van der Waals surface area contributed by atoms with Gasteiger partial charge in [-0.1, -0.05) is 19.3 Å². The highest BCUT2D eigenvalue weighted by Gasteiger charge is 2.41. The summed E-state index contributed by atoms with van der Waals surface area (Å²) in [6, 6.07) is 0. The van der Waals surface area contributed by atoms with Gasteiger partial charge in [-0.3, -0.25) is 4.79 Å². The van der Waals surface area contributed by atoms with Crippen LogP contribution in [0.1, 0.15) is 52.4 Å². The Morgan fingerprint density at radius 3 is 2.71 bits per heavy atom. The van der Waals surface area contributed by atoms with Crippen LogP contribution >= 0.6 is 0 Å². The van der Waals surface area contributed by atoms with E-state index >= 15 is 0 Å². The van der Waals surface area contributed by atoms with Crippen molar-refractivity contribution in [1.29, 1.82) is 0 Å². The van der Waals surface area contributed by atoms with Crippen molar-refractivity contribution in [3.05, 3.63) is 0 Å². The normalized spacial score (nSPS) is 41.9. The van der Waals surface area contributed by atoms with Gasteiger partial charge in [0.1, 0.15) is 5.60 Å². The molecule has 0 aliphatic heterocycles. The molecular weight excluding hydrogens is 176 g/mol. The molecule has 2 saturated carbocycles. The van der Waals surface area contributed by atoms with Crippen LogP contribution in [0.5, 0.6) is 0 Å². The number of carbonyl (C=O) groups excluding carboxylic acids is 1. The Labute approximate surface area is 86.0 Å². The van der Waals surface area contributed by atoms with E-state index in [0.29, 0.717) is 0 Å². The molecule has 0 saturated heterocycles. The van der Waals surface area contributed by atoms with Gasteiger partial charge in [-0.05, 0) is 38.0 Å². The molecule has 0 radical (unpaired) electrons. The molecule has 0 bridgehead atoms. The summed E-state index contributed by atoms with van der Waals surface area (Å²) in [5.74, 6) is 1.63. The lowest BCUT2D eigenvalue weighted by Crippen LogP contribution is -2.38. The van der Waals surface area contributed by atoms with Crippen molar-refractivity contribution in [3.63, 3.8) is 0 Å². The van der Waals surface area contributed by atoms with Gasteiger partial charge in [-0.15, -0.1) is 0 Å². The summed E-state index contributed by atoms with van der Waals surface area (Å²) in [6.07, 6.45) is 7.55. The van der Waals surface area contributed by atoms with Gasteiger partial charge < -0.3 is 4.74 Å². The summed E-state index contributed by atoms with van der Waals surface area (Å²) in [4.78, 5) is 11.0. The Hall–Kier alpha value is -0.530. The van der Waals surface area contributed by atoms with Crippen molar-refractivity contribution < 1.29 is 9.53 Å². The second-order valence-corrected chi connectivity index (χ2v) is 5.24. The molecule has 0 spiro atoms. The van der Waals surface area contributed by atoms with E-state index in [1.165, 1.54) is 32.6 Å². The van der Waals surface area contributed by atoms with Gasteiger partial charge in [0.25, 0.3) is 0 Å². The van der Waals surface area contributed by atoms with Gasteiger partial charge in [0.15, 0.2) is 0 Å². The lowest BCUT2D eigenvalue weighted by atomic mass is 9.74. The van der Waals surface area contributed by atoms with E-state index < -0.39 is 0 Å². The molecule has 0 aromatic heterocycles. The highest BCUT2D eigenvalue weighted by atomic mass is 16.6. The molecule has 0 aromatic carbocycles. The van der Waals surface area contributed by atoms with Crippen molar-refractivity contribution in [2.24, 2.45) is 11.8 Å². The Morgan fingerprint density at radius 2 is 2.00 bits per heavy atom. The molecule has 2 fully saturated rings. The van der Waals surface area contributed by atoms with Crippen molar-refractivity contribution in [2.75, 3.05) is 0 Å². The number of fused-ring (bicyclic) bond motifs is 1. The van der Waals surface area contributed by atoms with Crippen LogP contribution in [-0.4, -0.2) is 11.6 Å². The van der Waals surface area contributed by atoms with Gasteiger partial charge in [-0.25, -0.2) is 0 Å². The average Bonchev–Trinajstić information content (AvgIpc) is 2.48. The molecule has 2 aliphatic carbocycles. The van der Waals surface area contributed by atoms with E-state index in [4.69, 9.17) is 4.74 Å². The molecule has 0 amide bonds. The standard InChI is InChI=1S/C12H20O2/c1-9(13)14-12(2)7-6-10-4-3-5-11(10)8-12/h10-11H,3-8H2,1-2H3. The number of hydrogen-bond donors (Lipinski definition) is 0. The Kier molecular flexibility index (Phi) is 2.54. The molecule has 2 nitrogen and oxygen atoms in total. The minimum Gasteiger partial charge on any atom is -0.460 e. The largest absolute Gasteiger partial charge is 0.460 e. The van der Waals surface area contributed by atoms with E-state index in [9.17, 15) is 4.79 Å². The second-order valence-electron chi connectivity index (χ2n) is 5.24. The predicted molar refractivity (Wildman–Crippen MR) is 54.9 cm³/mol. The Morgan fingerprint density at radius 1 is 1.29 bits per heavy atom. The topological polar surface area (TPSA) is 26.3 Å². The molecule has 0 heterocycles. The van der Waals surface area contributed by atoms with E-state index in [2.05, 4.69) is 6.92 Å². The SMILES string of the molecule is CC(=O)OC1(C)CCC2CCCC2C1. The first kappa shape index (κ1) is 10.0. The molecule has 0 aromatic rings. The van der Waals surface area contributed by atoms with Crippen molar-refractivity contribution >= 4 is 5.97 Å². The molecule has 3 unspecified atom stereocenters. The van der Waals surface area contributed by atoms with Crippen LogP contribution in [0.25, 0.3) is 0 Å². The maximum atomic E-state index is 11.0. The average molecular weight is 196 g/mol. The van der Waals surface area contributed by atoms with Gasteiger partial charge in [0.2, 0.25) is 0 Å². The number of hydrogen-bond acceptors (Lipinski definition) is 2. The third-order valence-corrected chi connectivity index (χ3v) is 3.94. The van der Waals surface area contributed by atoms with Gasteiger partial charge in [-0.2, -0.15) is 0 Å². The molecule has 14 heavy (non-hydrogen) atoms. The highest BCUT2D eigenvalue weighted by molar-refractivity contribution is 5.66.